The molecule has 102 valence electrons. The molecule has 1 aromatic heterocycles. The molecule has 1 N–H and O–H groups in total. The van der Waals surface area contributed by atoms with Gasteiger partial charge in [-0.15, -0.1) is 11.0 Å². The van der Waals surface area contributed by atoms with Gasteiger partial charge in [0.1, 0.15) is 6.61 Å². The summed E-state index contributed by atoms with van der Waals surface area (Å²) in [4.78, 5) is 0. The molecule has 0 bridgehead atoms. The molecule has 0 amide bonds. The number of thioether (sulfide) groups is 1. The average Bonchev–Trinajstić information content (AvgIpc) is 3.03. The van der Waals surface area contributed by atoms with Gasteiger partial charge in [0.15, 0.2) is 6.61 Å². The van der Waals surface area contributed by atoms with E-state index in [2.05, 4.69) is 18.1 Å². The van der Waals surface area contributed by atoms with Crippen LogP contribution in [-0.2, 0) is 17.1 Å². The number of terminal acetylenes is 1. The fraction of sp³-hybridized carbons (Fsp3) is 0.267. The predicted molar refractivity (Wildman–Crippen MR) is 74.9 cm³/mol. The molecule has 1 aromatic carbocycles. The highest BCUT2D eigenvalue weighted by Crippen LogP contribution is 2.39. The van der Waals surface area contributed by atoms with Crippen molar-refractivity contribution in [3.8, 4) is 18.3 Å². The summed E-state index contributed by atoms with van der Waals surface area (Å²) in [5, 5.41) is 9.97. The molecule has 0 saturated heterocycles. The first-order valence-electron chi connectivity index (χ1n) is 6.24. The van der Waals surface area contributed by atoms with Gasteiger partial charge in [0, 0.05) is 5.56 Å². The van der Waals surface area contributed by atoms with Gasteiger partial charge in [0.25, 0.3) is 5.69 Å². The molecule has 3 rings (SSSR count). The highest BCUT2D eigenvalue weighted by atomic mass is 32.2. The second-order valence-electron chi connectivity index (χ2n) is 4.39. The van der Waals surface area contributed by atoms with Gasteiger partial charge in [-0.3, -0.25) is 0 Å². The second-order valence-corrected chi connectivity index (χ2v) is 5.46. The molecule has 1 atom stereocenters. The zero-order valence-electron chi connectivity index (χ0n) is 10.8. The van der Waals surface area contributed by atoms with Crippen molar-refractivity contribution in [3.63, 3.8) is 0 Å². The van der Waals surface area contributed by atoms with Crippen molar-refractivity contribution >= 4 is 11.8 Å². The summed E-state index contributed by atoms with van der Waals surface area (Å²) in [5.74, 6) is 3.68. The predicted octanol–water partition coefficient (Wildman–Crippen LogP) is 2.22. The van der Waals surface area contributed by atoms with Gasteiger partial charge in [-0.25, -0.2) is 0 Å². The molecule has 0 aliphatic carbocycles. The van der Waals surface area contributed by atoms with E-state index in [0.29, 0.717) is 11.6 Å². The summed E-state index contributed by atoms with van der Waals surface area (Å²) >= 11 is 1.75. The van der Waals surface area contributed by atoms with Gasteiger partial charge in [0.2, 0.25) is 5.37 Å². The van der Waals surface area contributed by atoms with Crippen LogP contribution in [0.25, 0.3) is 0 Å². The van der Waals surface area contributed by atoms with Crippen LogP contribution in [0.5, 0.6) is 5.95 Å². The Morgan fingerprint density at radius 1 is 1.45 bits per heavy atom. The Morgan fingerprint density at radius 2 is 2.25 bits per heavy atom. The molecule has 5 heteroatoms. The van der Waals surface area contributed by atoms with E-state index in [9.17, 15) is 5.11 Å². The topological polar surface area (TPSA) is 46.5 Å². The van der Waals surface area contributed by atoms with E-state index >= 15 is 0 Å². The minimum Gasteiger partial charge on any atom is -0.476 e. The van der Waals surface area contributed by atoms with Crippen molar-refractivity contribution in [3.05, 3.63) is 47.5 Å². The minimum atomic E-state index is -0.0322. The van der Waals surface area contributed by atoms with E-state index in [1.165, 1.54) is 5.56 Å². The molecule has 4 nitrogen and oxygen atoms in total. The lowest BCUT2D eigenvalue weighted by Crippen LogP contribution is -2.40. The van der Waals surface area contributed by atoms with E-state index < -0.39 is 0 Å². The fourth-order valence-corrected chi connectivity index (χ4v) is 3.59. The monoisotopic (exact) mass is 288 g/mol. The van der Waals surface area contributed by atoms with Crippen LogP contribution < -0.4 is 4.57 Å². The normalized spacial score (nSPS) is 16.9. The Morgan fingerprint density at radius 3 is 3.00 bits per heavy atom. The third-order valence-electron chi connectivity index (χ3n) is 3.13. The molecular weight excluding hydrogens is 274 g/mol. The second kappa shape index (κ2) is 5.61. The van der Waals surface area contributed by atoms with Crippen LogP contribution >= 0.6 is 11.8 Å². The molecule has 20 heavy (non-hydrogen) atoms. The third-order valence-corrected chi connectivity index (χ3v) is 4.37. The summed E-state index contributed by atoms with van der Waals surface area (Å²) in [6.45, 7) is 0.474. The van der Waals surface area contributed by atoms with E-state index in [-0.39, 0.29) is 24.5 Å². The van der Waals surface area contributed by atoms with Crippen LogP contribution in [0.3, 0.4) is 0 Å². The van der Waals surface area contributed by atoms with Gasteiger partial charge in [0.05, 0.1) is 5.75 Å². The molecule has 0 unspecified atom stereocenters. The minimum absolute atomic E-state index is 0.0322. The van der Waals surface area contributed by atoms with Gasteiger partial charge >= 0.3 is 11.8 Å². The maximum absolute atomic E-state index is 9.88. The number of benzene rings is 1. The fourth-order valence-electron chi connectivity index (χ4n) is 2.27. The molecule has 1 aliphatic rings. The van der Waals surface area contributed by atoms with E-state index in [1.807, 2.05) is 22.8 Å². The van der Waals surface area contributed by atoms with Gasteiger partial charge < -0.3 is 14.3 Å². The van der Waals surface area contributed by atoms with Crippen LogP contribution in [-0.4, -0.2) is 11.7 Å². The number of ether oxygens (including phenoxy) is 1. The molecule has 0 radical (unpaired) electrons. The van der Waals surface area contributed by atoms with E-state index in [0.717, 1.165) is 5.69 Å². The molecule has 1 aliphatic heterocycles. The highest BCUT2D eigenvalue weighted by Gasteiger charge is 2.42. The number of aromatic nitrogens is 1. The summed E-state index contributed by atoms with van der Waals surface area (Å²) in [5.41, 5.74) is 1.96. The van der Waals surface area contributed by atoms with Crippen LogP contribution in [0.2, 0.25) is 0 Å². The van der Waals surface area contributed by atoms with E-state index in [1.54, 1.807) is 11.8 Å². The Bertz CT molecular complexity index is 645. The van der Waals surface area contributed by atoms with Crippen molar-refractivity contribution in [2.75, 3.05) is 6.61 Å². The number of oxazole rings is 1. The first-order valence-corrected chi connectivity index (χ1v) is 7.29. The lowest BCUT2D eigenvalue weighted by molar-refractivity contribution is -0.705. The Hall–Kier alpha value is -1.90. The van der Waals surface area contributed by atoms with Crippen molar-refractivity contribution in [2.45, 2.75) is 17.7 Å². The zero-order chi connectivity index (χ0) is 13.9. The first kappa shape index (κ1) is 13.1. The molecule has 2 heterocycles. The number of rotatable bonds is 4. The zero-order valence-corrected chi connectivity index (χ0v) is 11.6. The lowest BCUT2D eigenvalue weighted by atomic mass is 10.2. The van der Waals surface area contributed by atoms with Gasteiger partial charge in [-0.1, -0.05) is 48.0 Å². The van der Waals surface area contributed by atoms with Gasteiger partial charge in [-0.2, -0.15) is 0 Å². The number of nitrogens with zero attached hydrogens (tertiary/aromatic N) is 1. The average molecular weight is 288 g/mol. The Kier molecular flexibility index (Phi) is 3.68. The number of hydrogen-bond donors (Lipinski definition) is 1. The summed E-state index contributed by atoms with van der Waals surface area (Å²) in [7, 11) is 0. The standard InChI is InChI=1S/C15H13NO3S/c1-2-8-18-9-13-16-12(15(17)19-13)10-20-14(16)11-6-4-3-5-7-11/h1,3-7,14H,8-10H2/p+1/t14-/m1/s1. The van der Waals surface area contributed by atoms with Crippen LogP contribution in [0.15, 0.2) is 34.7 Å². The van der Waals surface area contributed by atoms with Gasteiger partial charge in [-0.05, 0) is 0 Å². The van der Waals surface area contributed by atoms with Crippen molar-refractivity contribution in [1.29, 1.82) is 0 Å². The molecule has 2 aromatic rings. The maximum atomic E-state index is 9.88. The van der Waals surface area contributed by atoms with Crippen LogP contribution in [0.4, 0.5) is 0 Å². The first-order chi connectivity index (χ1) is 9.81. The Balaban J connectivity index is 1.93. The molecule has 0 fully saturated rings. The molecule has 0 saturated carbocycles. The Labute approximate surface area is 121 Å². The summed E-state index contributed by atoms with van der Waals surface area (Å²) in [6.07, 6.45) is 5.16. The van der Waals surface area contributed by atoms with E-state index in [4.69, 9.17) is 15.6 Å². The van der Waals surface area contributed by atoms with Crippen LogP contribution in [0.1, 0.15) is 22.5 Å². The third kappa shape index (κ3) is 2.28. The smallest absolute Gasteiger partial charge is 0.378 e. The number of aromatic hydroxyl groups is 1. The highest BCUT2D eigenvalue weighted by molar-refractivity contribution is 7.98. The van der Waals surface area contributed by atoms with Crippen molar-refractivity contribution in [1.82, 2.24) is 0 Å². The van der Waals surface area contributed by atoms with Crippen LogP contribution in [0, 0.1) is 12.3 Å². The largest absolute Gasteiger partial charge is 0.476 e. The quantitative estimate of drug-likeness (QED) is 0.532. The van der Waals surface area contributed by atoms with Crippen molar-refractivity contribution in [2.24, 2.45) is 0 Å². The maximum Gasteiger partial charge on any atom is 0.378 e. The summed E-state index contributed by atoms with van der Waals surface area (Å²) in [6, 6.07) is 10.1. The summed E-state index contributed by atoms with van der Waals surface area (Å²) < 4.78 is 12.7. The number of hydrogen-bond acceptors (Lipinski definition) is 4. The molecular formula is C15H14NO3S+. The SMILES string of the molecule is C#CCOCc1oc(O)c2[n+]1[C@@H](c1ccccc1)SC2. The van der Waals surface area contributed by atoms with Crippen molar-refractivity contribution < 1.29 is 18.8 Å². The number of fused-ring (bicyclic) bond motifs is 1. The molecule has 0 spiro atoms. The lowest BCUT2D eigenvalue weighted by Gasteiger charge is -2.05.